The van der Waals surface area contributed by atoms with Crippen LogP contribution in [0, 0.1) is 0 Å². The Labute approximate surface area is 113 Å². The quantitative estimate of drug-likeness (QED) is 0.933. The van der Waals surface area contributed by atoms with Crippen molar-refractivity contribution in [1.29, 1.82) is 0 Å². The SMILES string of the molecule is Cn1cncc1CNc1ccc(C(F)(F)F)cc1Cl. The predicted molar refractivity (Wildman–Crippen MR) is 67.0 cm³/mol. The smallest absolute Gasteiger partial charge is 0.378 e. The van der Waals surface area contributed by atoms with E-state index in [1.807, 2.05) is 11.6 Å². The summed E-state index contributed by atoms with van der Waals surface area (Å²) in [6.45, 7) is 0.432. The molecule has 0 unspecified atom stereocenters. The number of aryl methyl sites for hydroxylation is 1. The molecule has 1 aromatic carbocycles. The van der Waals surface area contributed by atoms with Crippen molar-refractivity contribution in [2.45, 2.75) is 12.7 Å². The first-order chi connectivity index (χ1) is 8.88. The van der Waals surface area contributed by atoms with Gasteiger partial charge in [-0.3, -0.25) is 0 Å². The van der Waals surface area contributed by atoms with Crippen LogP contribution < -0.4 is 5.32 Å². The second kappa shape index (κ2) is 5.13. The summed E-state index contributed by atoms with van der Waals surface area (Å²) in [6.07, 6.45) is -1.07. The van der Waals surface area contributed by atoms with E-state index in [0.717, 1.165) is 17.8 Å². The first-order valence-corrected chi connectivity index (χ1v) is 5.81. The lowest BCUT2D eigenvalue weighted by molar-refractivity contribution is -0.137. The molecule has 1 heterocycles. The number of rotatable bonds is 3. The number of alkyl halides is 3. The Morgan fingerprint density at radius 3 is 2.63 bits per heavy atom. The minimum absolute atomic E-state index is 0.0389. The normalized spacial score (nSPS) is 11.6. The topological polar surface area (TPSA) is 29.9 Å². The van der Waals surface area contributed by atoms with Crippen LogP contribution in [0.1, 0.15) is 11.3 Å². The molecule has 0 fully saturated rings. The molecule has 0 saturated heterocycles. The lowest BCUT2D eigenvalue weighted by Gasteiger charge is -2.11. The Kier molecular flexibility index (Phi) is 3.71. The number of anilines is 1. The predicted octanol–water partition coefficient (Wildman–Crippen LogP) is 3.70. The van der Waals surface area contributed by atoms with Crippen LogP contribution in [0.5, 0.6) is 0 Å². The molecule has 0 saturated carbocycles. The molecule has 0 radical (unpaired) electrons. The van der Waals surface area contributed by atoms with Crippen LogP contribution in [0.2, 0.25) is 5.02 Å². The van der Waals surface area contributed by atoms with Gasteiger partial charge in [0, 0.05) is 13.2 Å². The van der Waals surface area contributed by atoms with E-state index in [1.54, 1.807) is 12.5 Å². The molecule has 2 rings (SSSR count). The zero-order valence-corrected chi connectivity index (χ0v) is 10.8. The summed E-state index contributed by atoms with van der Waals surface area (Å²) in [5, 5.41) is 3.01. The minimum atomic E-state index is -4.38. The van der Waals surface area contributed by atoms with E-state index in [1.165, 1.54) is 6.07 Å². The zero-order valence-electron chi connectivity index (χ0n) is 10.0. The van der Waals surface area contributed by atoms with E-state index < -0.39 is 11.7 Å². The molecule has 0 aliphatic heterocycles. The van der Waals surface area contributed by atoms with E-state index in [4.69, 9.17) is 11.6 Å². The number of nitrogens with zero attached hydrogens (tertiary/aromatic N) is 2. The Morgan fingerprint density at radius 2 is 2.11 bits per heavy atom. The minimum Gasteiger partial charge on any atom is -0.378 e. The average Bonchev–Trinajstić information content (AvgIpc) is 2.72. The summed E-state index contributed by atoms with van der Waals surface area (Å²) in [5.74, 6) is 0. The number of benzene rings is 1. The highest BCUT2D eigenvalue weighted by Crippen LogP contribution is 2.33. The lowest BCUT2D eigenvalue weighted by Crippen LogP contribution is -2.07. The summed E-state index contributed by atoms with van der Waals surface area (Å²) in [5.41, 5.74) is 0.593. The molecule has 0 aliphatic rings. The molecular weight excluding hydrogens is 279 g/mol. The molecule has 0 aliphatic carbocycles. The van der Waals surface area contributed by atoms with Crippen molar-refractivity contribution in [3.8, 4) is 0 Å². The molecule has 19 heavy (non-hydrogen) atoms. The number of hydrogen-bond donors (Lipinski definition) is 1. The largest absolute Gasteiger partial charge is 0.416 e. The molecule has 3 nitrogen and oxygen atoms in total. The van der Waals surface area contributed by atoms with Gasteiger partial charge in [0.1, 0.15) is 0 Å². The van der Waals surface area contributed by atoms with E-state index >= 15 is 0 Å². The fourth-order valence-corrected chi connectivity index (χ4v) is 1.82. The Bertz CT molecular complexity index is 578. The first kappa shape index (κ1) is 13.7. The second-order valence-corrected chi connectivity index (χ2v) is 4.45. The molecule has 1 aromatic heterocycles. The molecular formula is C12H11ClF3N3. The molecule has 0 spiro atoms. The van der Waals surface area contributed by atoms with Crippen LogP contribution in [-0.2, 0) is 19.8 Å². The van der Waals surface area contributed by atoms with Gasteiger partial charge in [-0.1, -0.05) is 11.6 Å². The van der Waals surface area contributed by atoms with Crippen LogP contribution >= 0.6 is 11.6 Å². The van der Waals surface area contributed by atoms with Gasteiger partial charge in [0.25, 0.3) is 0 Å². The maximum absolute atomic E-state index is 12.5. The first-order valence-electron chi connectivity index (χ1n) is 5.44. The fraction of sp³-hybridized carbons (Fsp3) is 0.250. The van der Waals surface area contributed by atoms with Crippen molar-refractivity contribution in [3.63, 3.8) is 0 Å². The fourth-order valence-electron chi connectivity index (χ4n) is 1.58. The summed E-state index contributed by atoms with van der Waals surface area (Å²) in [4.78, 5) is 3.94. The highest BCUT2D eigenvalue weighted by atomic mass is 35.5. The van der Waals surface area contributed by atoms with Crippen LogP contribution in [-0.4, -0.2) is 9.55 Å². The number of imidazole rings is 1. The molecule has 0 atom stereocenters. The summed E-state index contributed by atoms with van der Waals surface area (Å²) in [7, 11) is 1.83. The van der Waals surface area contributed by atoms with Gasteiger partial charge < -0.3 is 9.88 Å². The van der Waals surface area contributed by atoms with Crippen molar-refractivity contribution >= 4 is 17.3 Å². The van der Waals surface area contributed by atoms with Crippen LogP contribution in [0.15, 0.2) is 30.7 Å². The molecule has 1 N–H and O–H groups in total. The van der Waals surface area contributed by atoms with Gasteiger partial charge in [-0.15, -0.1) is 0 Å². The van der Waals surface area contributed by atoms with Gasteiger partial charge in [0.2, 0.25) is 0 Å². The molecule has 0 amide bonds. The van der Waals surface area contributed by atoms with Crippen molar-refractivity contribution < 1.29 is 13.2 Å². The van der Waals surface area contributed by atoms with E-state index in [-0.39, 0.29) is 5.02 Å². The van der Waals surface area contributed by atoms with E-state index in [0.29, 0.717) is 12.2 Å². The molecule has 7 heteroatoms. The van der Waals surface area contributed by atoms with E-state index in [2.05, 4.69) is 10.3 Å². The zero-order chi connectivity index (χ0) is 14.0. The monoisotopic (exact) mass is 289 g/mol. The Balaban J connectivity index is 2.12. The standard InChI is InChI=1S/C12H11ClF3N3/c1-19-7-17-5-9(19)6-18-11-3-2-8(4-10(11)13)12(14,15)16/h2-5,7,18H,6H2,1H3. The van der Waals surface area contributed by atoms with Gasteiger partial charge >= 0.3 is 6.18 Å². The van der Waals surface area contributed by atoms with Crippen LogP contribution in [0.25, 0.3) is 0 Å². The van der Waals surface area contributed by atoms with Gasteiger partial charge in [-0.25, -0.2) is 4.98 Å². The third-order valence-electron chi connectivity index (χ3n) is 2.67. The second-order valence-electron chi connectivity index (χ2n) is 4.04. The lowest BCUT2D eigenvalue weighted by atomic mass is 10.2. The molecule has 0 bridgehead atoms. The maximum atomic E-state index is 12.5. The van der Waals surface area contributed by atoms with Gasteiger partial charge in [0.05, 0.1) is 34.8 Å². The van der Waals surface area contributed by atoms with Crippen LogP contribution in [0.3, 0.4) is 0 Å². The molecule has 102 valence electrons. The molecule has 2 aromatic rings. The van der Waals surface area contributed by atoms with E-state index in [9.17, 15) is 13.2 Å². The van der Waals surface area contributed by atoms with Crippen molar-refractivity contribution in [3.05, 3.63) is 47.0 Å². The van der Waals surface area contributed by atoms with Gasteiger partial charge in [0.15, 0.2) is 0 Å². The third kappa shape index (κ3) is 3.20. The Morgan fingerprint density at radius 1 is 1.37 bits per heavy atom. The number of hydrogen-bond acceptors (Lipinski definition) is 2. The Hall–Kier alpha value is -1.69. The maximum Gasteiger partial charge on any atom is 0.416 e. The van der Waals surface area contributed by atoms with Crippen molar-refractivity contribution in [1.82, 2.24) is 9.55 Å². The highest BCUT2D eigenvalue weighted by molar-refractivity contribution is 6.33. The number of aromatic nitrogens is 2. The van der Waals surface area contributed by atoms with Crippen molar-refractivity contribution in [2.75, 3.05) is 5.32 Å². The third-order valence-corrected chi connectivity index (χ3v) is 2.99. The summed E-state index contributed by atoms with van der Waals surface area (Å²) in [6, 6.07) is 3.23. The van der Waals surface area contributed by atoms with Gasteiger partial charge in [-0.2, -0.15) is 13.2 Å². The highest BCUT2D eigenvalue weighted by Gasteiger charge is 2.30. The number of halogens is 4. The summed E-state index contributed by atoms with van der Waals surface area (Å²) < 4.78 is 39.2. The van der Waals surface area contributed by atoms with Crippen LogP contribution in [0.4, 0.5) is 18.9 Å². The van der Waals surface area contributed by atoms with Crippen molar-refractivity contribution in [2.24, 2.45) is 7.05 Å². The van der Waals surface area contributed by atoms with Gasteiger partial charge in [-0.05, 0) is 18.2 Å². The number of nitrogens with one attached hydrogen (secondary N) is 1. The average molecular weight is 290 g/mol. The summed E-state index contributed by atoms with van der Waals surface area (Å²) >= 11 is 5.83.